The van der Waals surface area contributed by atoms with Crippen LogP contribution in [0.1, 0.15) is 12.5 Å². The van der Waals surface area contributed by atoms with E-state index in [1.54, 1.807) is 6.07 Å². The maximum absolute atomic E-state index is 5.58. The van der Waals surface area contributed by atoms with Crippen LogP contribution in [0.3, 0.4) is 0 Å². The first kappa shape index (κ1) is 12.4. The Hall–Kier alpha value is -0.650. The van der Waals surface area contributed by atoms with Gasteiger partial charge in [-0.1, -0.05) is 28.1 Å². The third-order valence-electron chi connectivity index (χ3n) is 1.71. The van der Waals surface area contributed by atoms with E-state index in [0.29, 0.717) is 22.9 Å². The zero-order valence-corrected chi connectivity index (χ0v) is 10.7. The minimum Gasteiger partial charge on any atom is -0.467 e. The van der Waals surface area contributed by atoms with Crippen LogP contribution in [0.4, 0.5) is 0 Å². The normalized spacial score (nSPS) is 10.0. The molecule has 15 heavy (non-hydrogen) atoms. The summed E-state index contributed by atoms with van der Waals surface area (Å²) in [7, 11) is 0. The van der Waals surface area contributed by atoms with Crippen LogP contribution in [0.2, 0.25) is 0 Å². The Morgan fingerprint density at radius 1 is 1.53 bits per heavy atom. The molecule has 1 aromatic rings. The van der Waals surface area contributed by atoms with E-state index in [-0.39, 0.29) is 6.79 Å². The van der Waals surface area contributed by atoms with Crippen molar-refractivity contribution in [2.75, 3.05) is 13.4 Å². The SMILES string of the molecule is CCOCOc1ccc(Br)cc1C(N)=S. The molecule has 0 atom stereocenters. The largest absolute Gasteiger partial charge is 0.467 e. The quantitative estimate of drug-likeness (QED) is 0.514. The van der Waals surface area contributed by atoms with Crippen molar-refractivity contribution in [3.05, 3.63) is 28.2 Å². The van der Waals surface area contributed by atoms with Gasteiger partial charge in [-0.2, -0.15) is 0 Å². The van der Waals surface area contributed by atoms with E-state index in [1.165, 1.54) is 0 Å². The summed E-state index contributed by atoms with van der Waals surface area (Å²) in [5.74, 6) is 0.638. The zero-order chi connectivity index (χ0) is 11.3. The molecular weight excluding hydrogens is 278 g/mol. The molecule has 0 heterocycles. The second-order valence-corrected chi connectivity index (χ2v) is 4.12. The molecular formula is C10H12BrNO2S. The van der Waals surface area contributed by atoms with Crippen molar-refractivity contribution in [3.8, 4) is 5.75 Å². The van der Waals surface area contributed by atoms with E-state index >= 15 is 0 Å². The molecule has 0 spiro atoms. The molecule has 3 nitrogen and oxygen atoms in total. The summed E-state index contributed by atoms with van der Waals surface area (Å²) < 4.78 is 11.4. The van der Waals surface area contributed by atoms with Crippen LogP contribution < -0.4 is 10.5 Å². The monoisotopic (exact) mass is 289 g/mol. The Labute approximate surface area is 103 Å². The topological polar surface area (TPSA) is 44.5 Å². The lowest BCUT2D eigenvalue weighted by atomic mass is 10.2. The maximum Gasteiger partial charge on any atom is 0.189 e. The summed E-state index contributed by atoms with van der Waals surface area (Å²) >= 11 is 8.27. The van der Waals surface area contributed by atoms with Crippen molar-refractivity contribution >= 4 is 33.1 Å². The van der Waals surface area contributed by atoms with Gasteiger partial charge in [0.05, 0.1) is 5.56 Å². The molecule has 0 amide bonds. The summed E-state index contributed by atoms with van der Waals surface area (Å²) in [6, 6.07) is 5.49. The molecule has 0 saturated heterocycles. The Kier molecular flexibility index (Phi) is 5.01. The van der Waals surface area contributed by atoms with Gasteiger partial charge in [0.25, 0.3) is 0 Å². The smallest absolute Gasteiger partial charge is 0.189 e. The highest BCUT2D eigenvalue weighted by molar-refractivity contribution is 9.10. The van der Waals surface area contributed by atoms with Gasteiger partial charge in [-0.05, 0) is 25.1 Å². The van der Waals surface area contributed by atoms with E-state index in [4.69, 9.17) is 27.4 Å². The molecule has 5 heteroatoms. The Bertz CT molecular complexity index is 357. The van der Waals surface area contributed by atoms with Gasteiger partial charge in [-0.3, -0.25) is 0 Å². The first-order valence-electron chi connectivity index (χ1n) is 4.45. The number of hydrogen-bond donors (Lipinski definition) is 1. The Morgan fingerprint density at radius 3 is 2.87 bits per heavy atom. The molecule has 0 aliphatic carbocycles. The lowest BCUT2D eigenvalue weighted by molar-refractivity contribution is 0.0223. The van der Waals surface area contributed by atoms with Gasteiger partial charge < -0.3 is 15.2 Å². The van der Waals surface area contributed by atoms with Crippen LogP contribution in [0.15, 0.2) is 22.7 Å². The van der Waals surface area contributed by atoms with Crippen LogP contribution in [0.25, 0.3) is 0 Å². The van der Waals surface area contributed by atoms with Crippen LogP contribution in [0, 0.1) is 0 Å². The molecule has 0 fully saturated rings. The van der Waals surface area contributed by atoms with E-state index in [9.17, 15) is 0 Å². The molecule has 1 rings (SSSR count). The van der Waals surface area contributed by atoms with Gasteiger partial charge >= 0.3 is 0 Å². The minimum absolute atomic E-state index is 0.202. The number of thiocarbonyl (C=S) groups is 1. The Morgan fingerprint density at radius 2 is 2.27 bits per heavy atom. The average molecular weight is 290 g/mol. The fourth-order valence-electron chi connectivity index (χ4n) is 1.01. The van der Waals surface area contributed by atoms with Crippen molar-refractivity contribution in [2.24, 2.45) is 5.73 Å². The van der Waals surface area contributed by atoms with E-state index < -0.39 is 0 Å². The number of hydrogen-bond acceptors (Lipinski definition) is 3. The molecule has 0 bridgehead atoms. The number of ether oxygens (including phenoxy) is 2. The fraction of sp³-hybridized carbons (Fsp3) is 0.300. The molecule has 1 aromatic carbocycles. The van der Waals surface area contributed by atoms with Gasteiger partial charge in [-0.15, -0.1) is 0 Å². The molecule has 0 unspecified atom stereocenters. The lowest BCUT2D eigenvalue weighted by Gasteiger charge is -2.10. The summed E-state index contributed by atoms with van der Waals surface area (Å²) in [4.78, 5) is 0.308. The highest BCUT2D eigenvalue weighted by Gasteiger charge is 2.06. The summed E-state index contributed by atoms with van der Waals surface area (Å²) in [6.07, 6.45) is 0. The second-order valence-electron chi connectivity index (χ2n) is 2.76. The Balaban J connectivity index is 2.81. The van der Waals surface area contributed by atoms with Crippen molar-refractivity contribution < 1.29 is 9.47 Å². The molecule has 0 saturated carbocycles. The maximum atomic E-state index is 5.58. The summed E-state index contributed by atoms with van der Waals surface area (Å²) in [5, 5.41) is 0. The summed E-state index contributed by atoms with van der Waals surface area (Å²) in [6.45, 7) is 2.71. The first-order valence-corrected chi connectivity index (χ1v) is 5.65. The predicted molar refractivity (Wildman–Crippen MR) is 67.2 cm³/mol. The first-order chi connectivity index (χ1) is 7.15. The third-order valence-corrected chi connectivity index (χ3v) is 2.42. The third kappa shape index (κ3) is 3.77. The highest BCUT2D eigenvalue weighted by Crippen LogP contribution is 2.23. The molecule has 2 N–H and O–H groups in total. The van der Waals surface area contributed by atoms with E-state index in [1.807, 2.05) is 19.1 Å². The lowest BCUT2D eigenvalue weighted by Crippen LogP contribution is -2.13. The van der Waals surface area contributed by atoms with E-state index in [0.717, 1.165) is 4.47 Å². The molecule has 0 radical (unpaired) electrons. The average Bonchev–Trinajstić information content (AvgIpc) is 2.20. The van der Waals surface area contributed by atoms with Crippen LogP contribution >= 0.6 is 28.1 Å². The van der Waals surface area contributed by atoms with Gasteiger partial charge in [0.15, 0.2) is 6.79 Å². The van der Waals surface area contributed by atoms with Gasteiger partial charge in [-0.25, -0.2) is 0 Å². The molecule has 0 aliphatic rings. The van der Waals surface area contributed by atoms with Crippen molar-refractivity contribution in [1.29, 1.82) is 0 Å². The number of halogens is 1. The molecule has 0 aliphatic heterocycles. The fourth-order valence-corrected chi connectivity index (χ4v) is 1.53. The van der Waals surface area contributed by atoms with E-state index in [2.05, 4.69) is 15.9 Å². The number of nitrogens with two attached hydrogens (primary N) is 1. The number of benzene rings is 1. The van der Waals surface area contributed by atoms with Crippen LogP contribution in [-0.2, 0) is 4.74 Å². The number of rotatable bonds is 5. The van der Waals surface area contributed by atoms with Gasteiger partial charge in [0.2, 0.25) is 0 Å². The van der Waals surface area contributed by atoms with Crippen molar-refractivity contribution in [1.82, 2.24) is 0 Å². The zero-order valence-electron chi connectivity index (χ0n) is 8.33. The van der Waals surface area contributed by atoms with Gasteiger partial charge in [0, 0.05) is 11.1 Å². The van der Waals surface area contributed by atoms with Crippen LogP contribution in [0.5, 0.6) is 5.75 Å². The summed E-state index contributed by atoms with van der Waals surface area (Å²) in [5.41, 5.74) is 6.28. The standard InChI is InChI=1S/C10H12BrNO2S/c1-2-13-6-14-9-4-3-7(11)5-8(9)10(12)15/h3-5H,2,6H2,1H3,(H2,12,15). The molecule has 82 valence electrons. The minimum atomic E-state index is 0.202. The second kappa shape index (κ2) is 6.05. The van der Waals surface area contributed by atoms with Crippen molar-refractivity contribution in [2.45, 2.75) is 6.92 Å². The molecule has 0 aromatic heterocycles. The highest BCUT2D eigenvalue weighted by atomic mass is 79.9. The van der Waals surface area contributed by atoms with Crippen molar-refractivity contribution in [3.63, 3.8) is 0 Å². The predicted octanol–water partition coefficient (Wildman–Crippen LogP) is 2.46. The van der Waals surface area contributed by atoms with Gasteiger partial charge in [0.1, 0.15) is 10.7 Å². The van der Waals surface area contributed by atoms with Crippen LogP contribution in [-0.4, -0.2) is 18.4 Å².